The molecule has 78 valence electrons. The second-order valence-electron chi connectivity index (χ2n) is 2.54. The van der Waals surface area contributed by atoms with Crippen LogP contribution in [0, 0.1) is 5.82 Å². The topological polar surface area (TPSA) is 0 Å². The monoisotopic (exact) mass is 294 g/mol. The zero-order chi connectivity index (χ0) is 10.9. The first-order valence-corrected chi connectivity index (χ1v) is 5.48. The molecule has 1 aromatic rings. The molecule has 0 heterocycles. The van der Waals surface area contributed by atoms with Crippen molar-refractivity contribution in [2.75, 3.05) is 0 Å². The van der Waals surface area contributed by atoms with Crippen molar-refractivity contribution in [1.29, 1.82) is 0 Å². The second kappa shape index (κ2) is 4.63. The molecule has 6 heteroatoms. The number of alkyl halides is 5. The Morgan fingerprint density at radius 1 is 1.14 bits per heavy atom. The first-order chi connectivity index (χ1) is 6.32. The average molecular weight is 296 g/mol. The maximum Gasteiger partial charge on any atom is 0.218 e. The van der Waals surface area contributed by atoms with Gasteiger partial charge in [-0.15, -0.1) is 23.2 Å². The van der Waals surface area contributed by atoms with E-state index in [-0.39, 0.29) is 5.56 Å². The van der Waals surface area contributed by atoms with Crippen LogP contribution in [0.15, 0.2) is 18.2 Å². The quantitative estimate of drug-likeness (QED) is 0.630. The smallest absolute Gasteiger partial charge is 0.207 e. The molecule has 1 aromatic carbocycles. The Kier molecular flexibility index (Phi) is 4.19. The minimum absolute atomic E-state index is 0.0276. The van der Waals surface area contributed by atoms with Crippen molar-refractivity contribution >= 4 is 58.0 Å². The lowest BCUT2D eigenvalue weighted by Gasteiger charge is -2.13. The van der Waals surface area contributed by atoms with Crippen LogP contribution in [0.1, 0.15) is 16.0 Å². The third-order valence-corrected chi connectivity index (χ3v) is 2.67. The summed E-state index contributed by atoms with van der Waals surface area (Å²) in [5.74, 6) is -0.645. The highest BCUT2D eigenvalue weighted by molar-refractivity contribution is 6.66. The van der Waals surface area contributed by atoms with Crippen molar-refractivity contribution in [3.8, 4) is 0 Å². The Balaban J connectivity index is 3.15. The van der Waals surface area contributed by atoms with Gasteiger partial charge in [0.25, 0.3) is 0 Å². The largest absolute Gasteiger partial charge is 0.218 e. The molecule has 0 nitrogen and oxygen atoms in total. The number of hydrogen-bond donors (Lipinski definition) is 0. The molecule has 14 heavy (non-hydrogen) atoms. The van der Waals surface area contributed by atoms with Crippen molar-refractivity contribution in [3.63, 3.8) is 0 Å². The predicted octanol–water partition coefficient (Wildman–Crippen LogP) is 5.13. The predicted molar refractivity (Wildman–Crippen MR) is 60.1 cm³/mol. The van der Waals surface area contributed by atoms with Crippen LogP contribution in [0.25, 0.3) is 0 Å². The van der Waals surface area contributed by atoms with E-state index >= 15 is 0 Å². The van der Waals surface area contributed by atoms with E-state index in [4.69, 9.17) is 58.0 Å². The second-order valence-corrected chi connectivity index (χ2v) is 5.92. The molecule has 0 aliphatic rings. The minimum atomic E-state index is -1.78. The summed E-state index contributed by atoms with van der Waals surface area (Å²) in [6.07, 6.45) is 0. The highest BCUT2D eigenvalue weighted by atomic mass is 35.6. The molecule has 0 N–H and O–H groups in total. The van der Waals surface area contributed by atoms with Gasteiger partial charge < -0.3 is 0 Å². The van der Waals surface area contributed by atoms with E-state index in [2.05, 4.69) is 0 Å². The maximum absolute atomic E-state index is 13.3. The SMILES string of the molecule is Fc1cc(C(Cl)Cl)ccc1C(Cl)(Cl)Cl. The molecule has 0 bridgehead atoms. The van der Waals surface area contributed by atoms with E-state index < -0.39 is 14.4 Å². The molecule has 0 saturated heterocycles. The van der Waals surface area contributed by atoms with Crippen LogP contribution in [-0.2, 0) is 3.79 Å². The highest BCUT2D eigenvalue weighted by Crippen LogP contribution is 2.40. The van der Waals surface area contributed by atoms with Crippen molar-refractivity contribution in [3.05, 3.63) is 35.1 Å². The Hall–Kier alpha value is 0.600. The van der Waals surface area contributed by atoms with Crippen LogP contribution >= 0.6 is 58.0 Å². The summed E-state index contributed by atoms with van der Waals surface area (Å²) in [4.78, 5) is -0.797. The molecule has 0 saturated carbocycles. The molecule has 0 aliphatic carbocycles. The first kappa shape index (κ1) is 12.7. The summed E-state index contributed by atoms with van der Waals surface area (Å²) in [6.45, 7) is 0. The summed E-state index contributed by atoms with van der Waals surface area (Å²) in [5, 5.41) is 0. The molecule has 0 aliphatic heterocycles. The van der Waals surface area contributed by atoms with Crippen molar-refractivity contribution < 1.29 is 4.39 Å². The zero-order valence-electron chi connectivity index (χ0n) is 6.58. The van der Waals surface area contributed by atoms with Crippen molar-refractivity contribution in [2.24, 2.45) is 0 Å². The summed E-state index contributed by atoms with van der Waals surface area (Å²) < 4.78 is 11.6. The lowest BCUT2D eigenvalue weighted by molar-refractivity contribution is 0.611. The molecule has 0 spiro atoms. The van der Waals surface area contributed by atoms with E-state index in [9.17, 15) is 4.39 Å². The zero-order valence-corrected chi connectivity index (χ0v) is 10.4. The van der Waals surface area contributed by atoms with Crippen LogP contribution in [0.3, 0.4) is 0 Å². The van der Waals surface area contributed by atoms with Gasteiger partial charge in [0, 0.05) is 5.56 Å². The van der Waals surface area contributed by atoms with Gasteiger partial charge in [-0.05, 0) is 11.6 Å². The van der Waals surface area contributed by atoms with Crippen LogP contribution < -0.4 is 0 Å². The Morgan fingerprint density at radius 3 is 2.07 bits per heavy atom. The Labute approximate surface area is 106 Å². The van der Waals surface area contributed by atoms with Gasteiger partial charge in [0.15, 0.2) is 0 Å². The van der Waals surface area contributed by atoms with Gasteiger partial charge in [0.1, 0.15) is 10.7 Å². The van der Waals surface area contributed by atoms with Gasteiger partial charge >= 0.3 is 0 Å². The van der Waals surface area contributed by atoms with Gasteiger partial charge in [-0.3, -0.25) is 0 Å². The van der Waals surface area contributed by atoms with Crippen molar-refractivity contribution in [2.45, 2.75) is 8.63 Å². The summed E-state index contributed by atoms with van der Waals surface area (Å²) in [7, 11) is 0. The third-order valence-electron chi connectivity index (χ3n) is 1.55. The van der Waals surface area contributed by atoms with E-state index in [1.165, 1.54) is 12.1 Å². The number of rotatable bonds is 1. The standard InChI is InChI=1S/C8H4Cl5F/c9-7(10)4-1-2-5(6(14)3-4)8(11,12)13/h1-3,7H. The number of halogens is 6. The molecular weight excluding hydrogens is 292 g/mol. The molecule has 0 fully saturated rings. The number of hydrogen-bond acceptors (Lipinski definition) is 0. The molecule has 0 radical (unpaired) electrons. The van der Waals surface area contributed by atoms with E-state index in [1.807, 2.05) is 0 Å². The summed E-state index contributed by atoms with van der Waals surface area (Å²) in [5.41, 5.74) is 0.393. The molecule has 0 atom stereocenters. The van der Waals surface area contributed by atoms with Gasteiger partial charge in [-0.2, -0.15) is 0 Å². The van der Waals surface area contributed by atoms with E-state index in [0.29, 0.717) is 5.56 Å². The molecular formula is C8H4Cl5F. The van der Waals surface area contributed by atoms with Gasteiger partial charge in [-0.25, -0.2) is 4.39 Å². The van der Waals surface area contributed by atoms with Gasteiger partial charge in [-0.1, -0.05) is 46.9 Å². The van der Waals surface area contributed by atoms with Crippen LogP contribution in [-0.4, -0.2) is 0 Å². The fraction of sp³-hybridized carbons (Fsp3) is 0.250. The van der Waals surface area contributed by atoms with E-state index in [0.717, 1.165) is 6.07 Å². The third kappa shape index (κ3) is 3.04. The normalized spacial score (nSPS) is 12.2. The average Bonchev–Trinajstić information content (AvgIpc) is 2.01. The summed E-state index contributed by atoms with van der Waals surface area (Å²) in [6, 6.07) is 3.99. The lowest BCUT2D eigenvalue weighted by atomic mass is 10.1. The molecule has 0 amide bonds. The first-order valence-electron chi connectivity index (χ1n) is 3.47. The van der Waals surface area contributed by atoms with Crippen molar-refractivity contribution in [1.82, 2.24) is 0 Å². The molecule has 1 rings (SSSR count). The lowest BCUT2D eigenvalue weighted by Crippen LogP contribution is -2.04. The molecule has 0 aromatic heterocycles. The van der Waals surface area contributed by atoms with E-state index in [1.54, 1.807) is 0 Å². The summed E-state index contributed by atoms with van der Waals surface area (Å²) >= 11 is 27.6. The highest BCUT2D eigenvalue weighted by Gasteiger charge is 2.26. The van der Waals surface area contributed by atoms with Crippen LogP contribution in [0.2, 0.25) is 0 Å². The fourth-order valence-corrected chi connectivity index (χ4v) is 1.63. The number of benzene rings is 1. The Morgan fingerprint density at radius 2 is 1.71 bits per heavy atom. The van der Waals surface area contributed by atoms with Crippen LogP contribution in [0.4, 0.5) is 4.39 Å². The molecule has 0 unspecified atom stereocenters. The van der Waals surface area contributed by atoms with Gasteiger partial charge in [0.05, 0.1) is 0 Å². The van der Waals surface area contributed by atoms with Crippen LogP contribution in [0.5, 0.6) is 0 Å². The fourth-order valence-electron chi connectivity index (χ4n) is 0.897. The Bertz CT molecular complexity index is 331. The minimum Gasteiger partial charge on any atom is -0.207 e. The maximum atomic E-state index is 13.3. The van der Waals surface area contributed by atoms with Gasteiger partial charge in [0.2, 0.25) is 3.79 Å².